The second kappa shape index (κ2) is 34.9. The summed E-state index contributed by atoms with van der Waals surface area (Å²) in [5, 5.41) is 0. The Morgan fingerprint density at radius 2 is 0.717 bits per heavy atom. The Morgan fingerprint density at radius 1 is 0.435 bits per heavy atom. The Balaban J connectivity index is 3.85. The van der Waals surface area contributed by atoms with Crippen molar-refractivity contribution in [2.24, 2.45) is 0 Å². The first-order valence-corrected chi connectivity index (χ1v) is 25.4. The molecule has 0 saturated heterocycles. The first kappa shape index (κ1) is 46.1. The molecule has 0 unspecified atom stereocenters. The van der Waals surface area contributed by atoms with Gasteiger partial charge in [0.15, 0.2) is 0 Å². The Morgan fingerprint density at radius 3 is 1.02 bits per heavy atom. The molecule has 0 fully saturated rings. The Kier molecular flexibility index (Phi) is 35.0. The summed E-state index contributed by atoms with van der Waals surface area (Å²) in [4.78, 5) is 0. The summed E-state index contributed by atoms with van der Waals surface area (Å²) in [6, 6.07) is 0. The van der Waals surface area contributed by atoms with Crippen LogP contribution in [0.3, 0.4) is 0 Å². The average Bonchev–Trinajstić information content (AvgIpc) is 3.03. The molecule has 0 amide bonds. The molecule has 0 aliphatic rings. The number of allylic oxidation sites excluding steroid dienone is 4. The molecular formula is C41H83O3P2+. The monoisotopic (exact) mass is 686 g/mol. The lowest BCUT2D eigenvalue weighted by molar-refractivity contribution is 0.198. The third-order valence-electron chi connectivity index (χ3n) is 8.93. The molecule has 0 aliphatic carbocycles. The summed E-state index contributed by atoms with van der Waals surface area (Å²) in [5.74, 6) is 0. The lowest BCUT2D eigenvalue weighted by Crippen LogP contribution is -2.07. The first-order valence-electron chi connectivity index (χ1n) is 20.3. The molecule has 0 rings (SSSR count). The van der Waals surface area contributed by atoms with Gasteiger partial charge in [-0.25, -0.2) is 0 Å². The first-order chi connectivity index (χ1) is 22.3. The third kappa shape index (κ3) is 36.9. The average molecular weight is 686 g/mol. The highest BCUT2D eigenvalue weighted by molar-refractivity contribution is 7.74. The van der Waals surface area contributed by atoms with E-state index in [1.54, 1.807) is 0 Å². The van der Waals surface area contributed by atoms with E-state index in [0.29, 0.717) is 19.4 Å². The lowest BCUT2D eigenvalue weighted by atomic mass is 10.1. The lowest BCUT2D eigenvalue weighted by Gasteiger charge is -2.20. The van der Waals surface area contributed by atoms with Crippen LogP contribution in [0.2, 0.25) is 0 Å². The molecule has 0 aromatic carbocycles. The van der Waals surface area contributed by atoms with Gasteiger partial charge >= 0.3 is 7.60 Å². The summed E-state index contributed by atoms with van der Waals surface area (Å²) in [6.45, 7) is 12.7. The molecule has 0 bridgehead atoms. The van der Waals surface area contributed by atoms with Crippen molar-refractivity contribution in [3.63, 3.8) is 0 Å². The van der Waals surface area contributed by atoms with Crippen molar-refractivity contribution in [1.82, 2.24) is 0 Å². The van der Waals surface area contributed by atoms with Crippen LogP contribution in [0.15, 0.2) is 24.3 Å². The van der Waals surface area contributed by atoms with Crippen LogP contribution in [0.1, 0.15) is 194 Å². The Hall–Kier alpha value is 0.0600. The van der Waals surface area contributed by atoms with Gasteiger partial charge in [-0.1, -0.05) is 154 Å². The van der Waals surface area contributed by atoms with Crippen LogP contribution in [0.5, 0.6) is 0 Å². The fourth-order valence-corrected chi connectivity index (χ4v) is 10.2. The van der Waals surface area contributed by atoms with Gasteiger partial charge < -0.3 is 9.05 Å². The minimum absolute atomic E-state index is 0.578. The van der Waals surface area contributed by atoms with Crippen LogP contribution in [-0.4, -0.2) is 45.5 Å². The minimum Gasteiger partial charge on any atom is -0.308 e. The highest BCUT2D eigenvalue weighted by atomic mass is 31.2. The fourth-order valence-electron chi connectivity index (χ4n) is 5.70. The zero-order valence-electron chi connectivity index (χ0n) is 32.1. The van der Waals surface area contributed by atoms with Gasteiger partial charge in [-0.05, 0) is 64.2 Å². The third-order valence-corrected chi connectivity index (χ3v) is 12.8. The smallest absolute Gasteiger partial charge is 0.308 e. The van der Waals surface area contributed by atoms with E-state index in [1.807, 2.05) is 0 Å². The summed E-state index contributed by atoms with van der Waals surface area (Å²) in [7, 11) is -3.99. The van der Waals surface area contributed by atoms with Gasteiger partial charge in [0, 0.05) is 27.3 Å². The van der Waals surface area contributed by atoms with Crippen LogP contribution in [0.4, 0.5) is 0 Å². The van der Waals surface area contributed by atoms with Crippen molar-refractivity contribution in [2.45, 2.75) is 194 Å². The van der Waals surface area contributed by atoms with Crippen LogP contribution in [-0.2, 0) is 13.6 Å². The summed E-state index contributed by atoms with van der Waals surface area (Å²) in [6.07, 6.45) is 47.4. The van der Waals surface area contributed by atoms with Gasteiger partial charge in [-0.3, -0.25) is 4.57 Å². The predicted octanol–water partition coefficient (Wildman–Crippen LogP) is 15.2. The van der Waals surface area contributed by atoms with E-state index in [4.69, 9.17) is 9.05 Å². The van der Waals surface area contributed by atoms with Gasteiger partial charge in [0.25, 0.3) is 0 Å². The molecule has 0 spiro atoms. The molecule has 0 N–H and O–H groups in total. The minimum atomic E-state index is -2.98. The van der Waals surface area contributed by atoms with Gasteiger partial charge in [-0.2, -0.15) is 0 Å². The molecule has 0 saturated carbocycles. The van der Waals surface area contributed by atoms with E-state index >= 15 is 0 Å². The molecular weight excluding hydrogens is 602 g/mol. The van der Waals surface area contributed by atoms with E-state index in [-0.39, 0.29) is 0 Å². The van der Waals surface area contributed by atoms with Crippen LogP contribution in [0.25, 0.3) is 0 Å². The SMILES string of the molecule is CCCCCCCC/C=C\CCCCCCCCOP(=O)(CC[P+](C)(C)C)OCCCCCCCC/C=C\CCCCCCCC. The number of rotatable bonds is 37. The Bertz CT molecular complexity index is 665. The molecule has 46 heavy (non-hydrogen) atoms. The van der Waals surface area contributed by atoms with E-state index in [0.717, 1.165) is 31.8 Å². The molecule has 5 heteroatoms. The molecule has 0 aromatic heterocycles. The van der Waals surface area contributed by atoms with Crippen molar-refractivity contribution in [2.75, 3.05) is 45.5 Å². The highest BCUT2D eigenvalue weighted by Crippen LogP contribution is 2.55. The van der Waals surface area contributed by atoms with Crippen molar-refractivity contribution >= 4 is 14.9 Å². The zero-order chi connectivity index (χ0) is 33.9. The second-order valence-electron chi connectivity index (χ2n) is 14.9. The summed E-state index contributed by atoms with van der Waals surface area (Å²) in [5.41, 5.74) is 0. The largest absolute Gasteiger partial charge is 0.334 e. The van der Waals surface area contributed by atoms with E-state index in [9.17, 15) is 4.57 Å². The number of unbranched alkanes of at least 4 members (excludes halogenated alkanes) is 24. The van der Waals surface area contributed by atoms with Crippen LogP contribution < -0.4 is 0 Å². The molecule has 3 nitrogen and oxygen atoms in total. The summed E-state index contributed by atoms with van der Waals surface area (Å²) >= 11 is 0. The number of hydrogen-bond donors (Lipinski definition) is 0. The maximum Gasteiger partial charge on any atom is 0.334 e. The fraction of sp³-hybridized carbons (Fsp3) is 0.902. The van der Waals surface area contributed by atoms with Crippen molar-refractivity contribution in [3.05, 3.63) is 24.3 Å². The standard InChI is InChI=1S/C41H83O3P2/c1-6-8-10-12-14-16-18-20-22-24-26-28-30-32-34-36-38-43-46(42,41-40-45(3,4)5)44-39-37-35-33-31-29-27-25-23-21-19-17-15-13-11-9-7-2/h20-23H,6-19,24-41H2,1-5H3/q+1/b22-20-,23-21-. The molecule has 0 atom stereocenters. The molecule has 0 heterocycles. The normalized spacial score (nSPS) is 12.7. The Labute approximate surface area is 291 Å². The quantitative estimate of drug-likeness (QED) is 0.0371. The van der Waals surface area contributed by atoms with Gasteiger partial charge in [0.2, 0.25) is 0 Å². The second-order valence-corrected chi connectivity index (χ2v) is 22.1. The van der Waals surface area contributed by atoms with Crippen LogP contribution in [0, 0.1) is 0 Å². The van der Waals surface area contributed by atoms with Gasteiger partial charge in [0.05, 0.1) is 25.5 Å². The van der Waals surface area contributed by atoms with Gasteiger partial charge in [0.1, 0.15) is 0 Å². The van der Waals surface area contributed by atoms with E-state index in [1.165, 1.54) is 154 Å². The zero-order valence-corrected chi connectivity index (χ0v) is 33.8. The highest BCUT2D eigenvalue weighted by Gasteiger charge is 2.30. The topological polar surface area (TPSA) is 35.5 Å². The van der Waals surface area contributed by atoms with E-state index < -0.39 is 14.9 Å². The molecule has 0 radical (unpaired) electrons. The van der Waals surface area contributed by atoms with Gasteiger partial charge in [-0.15, -0.1) is 0 Å². The number of hydrogen-bond acceptors (Lipinski definition) is 3. The summed E-state index contributed by atoms with van der Waals surface area (Å²) < 4.78 is 25.6. The molecule has 274 valence electrons. The van der Waals surface area contributed by atoms with Crippen molar-refractivity contribution < 1.29 is 13.6 Å². The molecule has 0 aliphatic heterocycles. The van der Waals surface area contributed by atoms with E-state index in [2.05, 4.69) is 58.1 Å². The predicted molar refractivity (Wildman–Crippen MR) is 213 cm³/mol. The van der Waals surface area contributed by atoms with Crippen molar-refractivity contribution in [3.8, 4) is 0 Å². The maximum atomic E-state index is 13.5. The maximum absolute atomic E-state index is 13.5. The van der Waals surface area contributed by atoms with Crippen molar-refractivity contribution in [1.29, 1.82) is 0 Å². The van der Waals surface area contributed by atoms with Crippen LogP contribution >= 0.6 is 14.9 Å². The molecule has 0 aromatic rings.